The van der Waals surface area contributed by atoms with Crippen LogP contribution in [0, 0.1) is 12.8 Å². The van der Waals surface area contributed by atoms with E-state index in [1.165, 1.54) is 11.3 Å². The Morgan fingerprint density at radius 3 is 2.90 bits per heavy atom. The van der Waals surface area contributed by atoms with Crippen LogP contribution in [0.15, 0.2) is 24.4 Å². The van der Waals surface area contributed by atoms with Crippen molar-refractivity contribution in [1.29, 1.82) is 0 Å². The van der Waals surface area contributed by atoms with Crippen molar-refractivity contribution in [1.82, 2.24) is 4.98 Å². The molecule has 2 aromatic rings. The Morgan fingerprint density at radius 1 is 1.45 bits per heavy atom. The van der Waals surface area contributed by atoms with Crippen molar-refractivity contribution in [3.05, 3.63) is 45.4 Å². The molecule has 0 bridgehead atoms. The molecule has 20 heavy (non-hydrogen) atoms. The first-order valence-electron chi connectivity index (χ1n) is 6.47. The van der Waals surface area contributed by atoms with Crippen LogP contribution in [0.4, 0.5) is 5.13 Å². The van der Waals surface area contributed by atoms with Crippen LogP contribution >= 0.6 is 22.9 Å². The van der Waals surface area contributed by atoms with Crippen molar-refractivity contribution in [2.24, 2.45) is 5.92 Å². The number of benzene rings is 1. The molecule has 0 radical (unpaired) electrons. The van der Waals surface area contributed by atoms with E-state index in [9.17, 15) is 4.79 Å². The molecule has 0 fully saturated rings. The number of anilines is 1. The van der Waals surface area contributed by atoms with Crippen LogP contribution in [0.25, 0.3) is 0 Å². The lowest BCUT2D eigenvalue weighted by Crippen LogP contribution is -2.17. The molecule has 0 saturated carbocycles. The fourth-order valence-electron chi connectivity index (χ4n) is 1.73. The van der Waals surface area contributed by atoms with Crippen LogP contribution in [-0.2, 0) is 11.2 Å². The molecule has 5 heteroatoms. The molecule has 0 aliphatic carbocycles. The molecule has 0 atom stereocenters. The minimum atomic E-state index is -0.0476. The van der Waals surface area contributed by atoms with Crippen molar-refractivity contribution in [3.8, 4) is 0 Å². The van der Waals surface area contributed by atoms with Gasteiger partial charge in [-0.1, -0.05) is 43.6 Å². The van der Waals surface area contributed by atoms with Crippen molar-refractivity contribution in [2.75, 3.05) is 5.32 Å². The molecule has 1 heterocycles. The molecule has 0 aliphatic rings. The number of nitrogens with zero attached hydrogens (tertiary/aromatic N) is 1. The van der Waals surface area contributed by atoms with E-state index < -0.39 is 0 Å². The highest BCUT2D eigenvalue weighted by Crippen LogP contribution is 2.26. The number of hydrogen-bond acceptors (Lipinski definition) is 3. The van der Waals surface area contributed by atoms with Crippen molar-refractivity contribution < 1.29 is 4.79 Å². The van der Waals surface area contributed by atoms with Crippen molar-refractivity contribution >= 4 is 34.0 Å². The Balaban J connectivity index is 2.10. The van der Waals surface area contributed by atoms with Gasteiger partial charge in [0, 0.05) is 28.4 Å². The molecule has 1 N–H and O–H groups in total. The number of carbonyl (C=O) groups is 1. The van der Waals surface area contributed by atoms with Gasteiger partial charge in [0.15, 0.2) is 5.13 Å². The lowest BCUT2D eigenvalue weighted by molar-refractivity contribution is -0.118. The van der Waals surface area contributed by atoms with Crippen LogP contribution in [0.1, 0.15) is 29.9 Å². The number of halogens is 1. The Bertz CT molecular complexity index is 622. The van der Waals surface area contributed by atoms with Gasteiger partial charge in [0.2, 0.25) is 5.91 Å². The van der Waals surface area contributed by atoms with E-state index in [0.717, 1.165) is 27.4 Å². The standard InChI is InChI=1S/C15H17ClN2OS/c1-9(2)14(19)18-15-17-8-12(20-15)7-11-6-4-5-10(3)13(11)16/h4-6,8-9H,7H2,1-3H3,(H,17,18,19). The Labute approximate surface area is 128 Å². The normalized spacial score (nSPS) is 10.8. The molecule has 106 valence electrons. The Morgan fingerprint density at radius 2 is 2.20 bits per heavy atom. The maximum Gasteiger partial charge on any atom is 0.228 e. The molecule has 3 nitrogen and oxygen atoms in total. The monoisotopic (exact) mass is 308 g/mol. The van der Waals surface area contributed by atoms with Crippen LogP contribution in [0.5, 0.6) is 0 Å². The predicted molar refractivity (Wildman–Crippen MR) is 84.6 cm³/mol. The summed E-state index contributed by atoms with van der Waals surface area (Å²) < 4.78 is 0. The molecule has 1 amide bonds. The number of thiazole rings is 1. The van der Waals surface area contributed by atoms with Gasteiger partial charge in [-0.25, -0.2) is 4.98 Å². The minimum Gasteiger partial charge on any atom is -0.302 e. The quantitative estimate of drug-likeness (QED) is 0.915. The fourth-order valence-corrected chi connectivity index (χ4v) is 2.76. The SMILES string of the molecule is Cc1cccc(Cc2cnc(NC(=O)C(C)C)s2)c1Cl. The number of carbonyl (C=O) groups excluding carboxylic acids is 1. The zero-order valence-electron chi connectivity index (χ0n) is 11.7. The van der Waals surface area contributed by atoms with E-state index in [0.29, 0.717) is 5.13 Å². The molecule has 0 saturated heterocycles. The lowest BCUT2D eigenvalue weighted by Gasteiger charge is -2.05. The summed E-state index contributed by atoms with van der Waals surface area (Å²) >= 11 is 7.78. The lowest BCUT2D eigenvalue weighted by atomic mass is 10.1. The van der Waals surface area contributed by atoms with E-state index in [2.05, 4.69) is 10.3 Å². The Hall–Kier alpha value is -1.39. The van der Waals surface area contributed by atoms with Gasteiger partial charge in [0.1, 0.15) is 0 Å². The first-order valence-corrected chi connectivity index (χ1v) is 7.66. The third kappa shape index (κ3) is 3.58. The molecule has 0 aliphatic heterocycles. The number of amides is 1. The zero-order valence-corrected chi connectivity index (χ0v) is 13.3. The third-order valence-corrected chi connectivity index (χ3v) is 4.40. The van der Waals surface area contributed by atoms with Crippen molar-refractivity contribution in [3.63, 3.8) is 0 Å². The number of rotatable bonds is 4. The largest absolute Gasteiger partial charge is 0.302 e. The van der Waals surface area contributed by atoms with Gasteiger partial charge >= 0.3 is 0 Å². The number of nitrogens with one attached hydrogen (secondary N) is 1. The highest BCUT2D eigenvalue weighted by molar-refractivity contribution is 7.15. The smallest absolute Gasteiger partial charge is 0.228 e. The number of aromatic nitrogens is 1. The summed E-state index contributed by atoms with van der Waals surface area (Å²) in [5, 5.41) is 4.25. The molecule has 2 rings (SSSR count). The van der Waals surface area contributed by atoms with Crippen LogP contribution < -0.4 is 5.32 Å². The number of hydrogen-bond donors (Lipinski definition) is 1. The first-order chi connectivity index (χ1) is 9.47. The highest BCUT2D eigenvalue weighted by atomic mass is 35.5. The average Bonchev–Trinajstić information content (AvgIpc) is 2.82. The summed E-state index contributed by atoms with van der Waals surface area (Å²) in [6.07, 6.45) is 2.52. The van der Waals surface area contributed by atoms with E-state index in [-0.39, 0.29) is 11.8 Å². The fraction of sp³-hybridized carbons (Fsp3) is 0.333. The summed E-state index contributed by atoms with van der Waals surface area (Å²) in [5.74, 6) is -0.0620. The maximum absolute atomic E-state index is 11.6. The minimum absolute atomic E-state index is 0.0144. The predicted octanol–water partition coefficient (Wildman–Crippen LogP) is 4.29. The molecule has 1 aromatic heterocycles. The third-order valence-electron chi connectivity index (χ3n) is 2.94. The summed E-state index contributed by atoms with van der Waals surface area (Å²) in [4.78, 5) is 16.9. The van der Waals surface area contributed by atoms with Gasteiger partial charge in [-0.05, 0) is 18.1 Å². The topological polar surface area (TPSA) is 42.0 Å². The second-order valence-electron chi connectivity index (χ2n) is 5.00. The van der Waals surface area contributed by atoms with Gasteiger partial charge in [-0.3, -0.25) is 4.79 Å². The average molecular weight is 309 g/mol. The van der Waals surface area contributed by atoms with Gasteiger partial charge in [-0.15, -0.1) is 11.3 Å². The van der Waals surface area contributed by atoms with Gasteiger partial charge in [0.25, 0.3) is 0 Å². The van der Waals surface area contributed by atoms with E-state index >= 15 is 0 Å². The highest BCUT2D eigenvalue weighted by Gasteiger charge is 2.11. The summed E-state index contributed by atoms with van der Waals surface area (Å²) in [5.41, 5.74) is 2.15. The van der Waals surface area contributed by atoms with Gasteiger partial charge in [0.05, 0.1) is 0 Å². The van der Waals surface area contributed by atoms with Crippen LogP contribution in [-0.4, -0.2) is 10.9 Å². The van der Waals surface area contributed by atoms with Crippen LogP contribution in [0.3, 0.4) is 0 Å². The number of aryl methyl sites for hydroxylation is 1. The summed E-state index contributed by atoms with van der Waals surface area (Å²) in [7, 11) is 0. The van der Waals surface area contributed by atoms with E-state index in [4.69, 9.17) is 11.6 Å². The maximum atomic E-state index is 11.6. The molecular formula is C15H17ClN2OS. The molecule has 1 aromatic carbocycles. The van der Waals surface area contributed by atoms with Crippen molar-refractivity contribution in [2.45, 2.75) is 27.2 Å². The van der Waals surface area contributed by atoms with E-state index in [1.54, 1.807) is 6.20 Å². The second-order valence-corrected chi connectivity index (χ2v) is 6.49. The Kier molecular flexibility index (Phi) is 4.78. The molecule has 0 spiro atoms. The first kappa shape index (κ1) is 15.0. The van der Waals surface area contributed by atoms with E-state index in [1.807, 2.05) is 39.0 Å². The summed E-state index contributed by atoms with van der Waals surface area (Å²) in [6, 6.07) is 6.01. The van der Waals surface area contributed by atoms with Gasteiger partial charge in [-0.2, -0.15) is 0 Å². The second kappa shape index (κ2) is 6.37. The summed E-state index contributed by atoms with van der Waals surface area (Å²) in [6.45, 7) is 5.71. The van der Waals surface area contributed by atoms with Crippen LogP contribution in [0.2, 0.25) is 5.02 Å². The zero-order chi connectivity index (χ0) is 14.7. The molecule has 0 unspecified atom stereocenters. The molecular weight excluding hydrogens is 292 g/mol. The van der Waals surface area contributed by atoms with Gasteiger partial charge < -0.3 is 5.32 Å².